The van der Waals surface area contributed by atoms with Gasteiger partial charge in [-0.05, 0) is 30.3 Å². The average molecular weight is 289 g/mol. The zero-order chi connectivity index (χ0) is 15.2. The van der Waals surface area contributed by atoms with E-state index in [0.717, 1.165) is 5.56 Å². The summed E-state index contributed by atoms with van der Waals surface area (Å²) in [5.41, 5.74) is 0.765. The molecule has 0 heterocycles. The third-order valence-electron chi connectivity index (χ3n) is 3.05. The van der Waals surface area contributed by atoms with E-state index in [4.69, 9.17) is 9.47 Å². The molecule has 0 aliphatic rings. The number of methoxy groups -OCH3 is 2. The number of hydrogen-bond acceptors (Lipinski definition) is 3. The van der Waals surface area contributed by atoms with Crippen LogP contribution in [0.4, 0.5) is 4.39 Å². The van der Waals surface area contributed by atoms with Gasteiger partial charge in [-0.1, -0.05) is 12.1 Å². The number of hydrogen-bond donors (Lipinski definition) is 1. The Morgan fingerprint density at radius 1 is 1.14 bits per heavy atom. The van der Waals surface area contributed by atoms with Gasteiger partial charge in [0.25, 0.3) is 5.91 Å². The summed E-state index contributed by atoms with van der Waals surface area (Å²) in [6.45, 7) is 0.216. The van der Waals surface area contributed by atoms with Gasteiger partial charge in [0.2, 0.25) is 0 Å². The second kappa shape index (κ2) is 6.74. The maximum absolute atomic E-state index is 13.5. The minimum absolute atomic E-state index is 0.0133. The highest BCUT2D eigenvalue weighted by Gasteiger charge is 2.12. The van der Waals surface area contributed by atoms with E-state index in [1.807, 2.05) is 0 Å². The van der Waals surface area contributed by atoms with Crippen molar-refractivity contribution >= 4 is 5.91 Å². The van der Waals surface area contributed by atoms with Crippen LogP contribution in [0.2, 0.25) is 0 Å². The topological polar surface area (TPSA) is 47.6 Å². The molecule has 2 aromatic carbocycles. The molecule has 2 rings (SSSR count). The Morgan fingerprint density at radius 3 is 2.57 bits per heavy atom. The van der Waals surface area contributed by atoms with E-state index in [0.29, 0.717) is 11.5 Å². The lowest BCUT2D eigenvalue weighted by molar-refractivity contribution is 0.0946. The summed E-state index contributed by atoms with van der Waals surface area (Å²) in [7, 11) is 3.10. The molecule has 0 bridgehead atoms. The van der Waals surface area contributed by atoms with E-state index < -0.39 is 11.7 Å². The van der Waals surface area contributed by atoms with Gasteiger partial charge in [0, 0.05) is 12.1 Å². The second-order valence-corrected chi connectivity index (χ2v) is 4.34. The van der Waals surface area contributed by atoms with E-state index in [-0.39, 0.29) is 12.1 Å². The minimum atomic E-state index is -0.549. The smallest absolute Gasteiger partial charge is 0.254 e. The summed E-state index contributed by atoms with van der Waals surface area (Å²) in [6.07, 6.45) is 0. The quantitative estimate of drug-likeness (QED) is 0.920. The van der Waals surface area contributed by atoms with Crippen molar-refractivity contribution in [3.8, 4) is 11.5 Å². The van der Waals surface area contributed by atoms with Crippen molar-refractivity contribution in [3.05, 3.63) is 59.4 Å². The largest absolute Gasteiger partial charge is 0.497 e. The van der Waals surface area contributed by atoms with Crippen LogP contribution in [0.15, 0.2) is 42.5 Å². The zero-order valence-electron chi connectivity index (χ0n) is 11.9. The molecule has 0 radical (unpaired) electrons. The Balaban J connectivity index is 2.12. The van der Waals surface area contributed by atoms with E-state index in [9.17, 15) is 9.18 Å². The third kappa shape index (κ3) is 3.51. The molecule has 5 heteroatoms. The number of amides is 1. The standard InChI is InChI=1S/C16H16FNO3/c1-20-12-7-8-15(21-2)11(9-12)10-18-16(19)13-5-3-4-6-14(13)17/h3-9H,10H2,1-2H3,(H,18,19). The monoisotopic (exact) mass is 289 g/mol. The summed E-state index contributed by atoms with van der Waals surface area (Å²) < 4.78 is 23.9. The molecule has 1 N–H and O–H groups in total. The molecule has 0 aliphatic heterocycles. The molecule has 2 aromatic rings. The number of ether oxygens (including phenoxy) is 2. The van der Waals surface area contributed by atoms with Crippen molar-refractivity contribution in [1.29, 1.82) is 0 Å². The lowest BCUT2D eigenvalue weighted by Crippen LogP contribution is -2.24. The van der Waals surface area contributed by atoms with Crippen molar-refractivity contribution < 1.29 is 18.7 Å². The highest BCUT2D eigenvalue weighted by molar-refractivity contribution is 5.94. The van der Waals surface area contributed by atoms with Crippen LogP contribution in [-0.2, 0) is 6.54 Å². The molecule has 4 nitrogen and oxygen atoms in total. The van der Waals surface area contributed by atoms with E-state index in [1.165, 1.54) is 18.2 Å². The Bertz CT molecular complexity index is 643. The Labute approximate surface area is 122 Å². The van der Waals surface area contributed by atoms with E-state index in [2.05, 4.69) is 5.32 Å². The molecule has 110 valence electrons. The van der Waals surface area contributed by atoms with Gasteiger partial charge >= 0.3 is 0 Å². The maximum atomic E-state index is 13.5. The summed E-state index contributed by atoms with van der Waals surface area (Å²) in [5.74, 6) is 0.265. The van der Waals surface area contributed by atoms with Crippen molar-refractivity contribution in [2.24, 2.45) is 0 Å². The Morgan fingerprint density at radius 2 is 1.90 bits per heavy atom. The summed E-state index contributed by atoms with van der Waals surface area (Å²) in [4.78, 5) is 12.0. The van der Waals surface area contributed by atoms with Gasteiger partial charge in [-0.15, -0.1) is 0 Å². The van der Waals surface area contributed by atoms with Crippen molar-refractivity contribution in [1.82, 2.24) is 5.32 Å². The molecule has 1 amide bonds. The normalized spacial score (nSPS) is 10.0. The van der Waals surface area contributed by atoms with Crippen LogP contribution in [0, 0.1) is 5.82 Å². The zero-order valence-corrected chi connectivity index (χ0v) is 11.9. The number of benzene rings is 2. The van der Waals surface area contributed by atoms with Crippen LogP contribution in [0.1, 0.15) is 15.9 Å². The number of rotatable bonds is 5. The molecule has 21 heavy (non-hydrogen) atoms. The fraction of sp³-hybridized carbons (Fsp3) is 0.188. The molecule has 0 saturated carbocycles. The van der Waals surface area contributed by atoms with Crippen molar-refractivity contribution in [2.45, 2.75) is 6.54 Å². The van der Waals surface area contributed by atoms with E-state index in [1.54, 1.807) is 38.5 Å². The summed E-state index contributed by atoms with van der Waals surface area (Å²) in [5, 5.41) is 2.67. The number of nitrogens with one attached hydrogen (secondary N) is 1. The van der Waals surface area contributed by atoms with Crippen molar-refractivity contribution in [2.75, 3.05) is 14.2 Å². The van der Waals surface area contributed by atoms with Crippen LogP contribution in [0.25, 0.3) is 0 Å². The summed E-state index contributed by atoms with van der Waals surface area (Å²) >= 11 is 0. The fourth-order valence-corrected chi connectivity index (χ4v) is 1.94. The second-order valence-electron chi connectivity index (χ2n) is 4.34. The number of halogens is 1. The molecule has 0 unspecified atom stereocenters. The van der Waals surface area contributed by atoms with Crippen LogP contribution >= 0.6 is 0 Å². The molecule has 0 saturated heterocycles. The van der Waals surface area contributed by atoms with Gasteiger partial charge in [0.15, 0.2) is 0 Å². The third-order valence-corrected chi connectivity index (χ3v) is 3.05. The molecule has 0 aromatic heterocycles. The first kappa shape index (κ1) is 14.8. The van der Waals surface area contributed by atoms with Gasteiger partial charge < -0.3 is 14.8 Å². The molecule has 0 atom stereocenters. The van der Waals surface area contributed by atoms with Gasteiger partial charge in [-0.25, -0.2) is 4.39 Å². The lowest BCUT2D eigenvalue weighted by Gasteiger charge is -2.11. The number of carbonyl (C=O) groups excluding carboxylic acids is 1. The van der Waals surface area contributed by atoms with E-state index >= 15 is 0 Å². The SMILES string of the molecule is COc1ccc(OC)c(CNC(=O)c2ccccc2F)c1. The van der Waals surface area contributed by atoms with Crippen LogP contribution < -0.4 is 14.8 Å². The molecule has 0 fully saturated rings. The fourth-order valence-electron chi connectivity index (χ4n) is 1.94. The first-order valence-electron chi connectivity index (χ1n) is 6.39. The van der Waals surface area contributed by atoms with Crippen molar-refractivity contribution in [3.63, 3.8) is 0 Å². The number of carbonyl (C=O) groups is 1. The van der Waals surface area contributed by atoms with Gasteiger partial charge in [0.1, 0.15) is 17.3 Å². The molecular weight excluding hydrogens is 273 g/mol. The highest BCUT2D eigenvalue weighted by atomic mass is 19.1. The van der Waals surface area contributed by atoms with Crippen LogP contribution in [-0.4, -0.2) is 20.1 Å². The Hall–Kier alpha value is -2.56. The van der Waals surface area contributed by atoms with Gasteiger partial charge in [-0.3, -0.25) is 4.79 Å². The average Bonchev–Trinajstić information content (AvgIpc) is 2.52. The van der Waals surface area contributed by atoms with Crippen LogP contribution in [0.5, 0.6) is 11.5 Å². The molecule has 0 aliphatic carbocycles. The Kier molecular flexibility index (Phi) is 4.77. The van der Waals surface area contributed by atoms with Gasteiger partial charge in [-0.2, -0.15) is 0 Å². The summed E-state index contributed by atoms with van der Waals surface area (Å²) in [6, 6.07) is 11.1. The van der Waals surface area contributed by atoms with Crippen LogP contribution in [0.3, 0.4) is 0 Å². The highest BCUT2D eigenvalue weighted by Crippen LogP contribution is 2.23. The lowest BCUT2D eigenvalue weighted by atomic mass is 10.1. The van der Waals surface area contributed by atoms with Gasteiger partial charge in [0.05, 0.1) is 19.8 Å². The molecular formula is C16H16FNO3. The predicted octanol–water partition coefficient (Wildman–Crippen LogP) is 2.77. The molecule has 0 spiro atoms. The first-order chi connectivity index (χ1) is 10.2. The predicted molar refractivity (Wildman–Crippen MR) is 77.1 cm³/mol. The minimum Gasteiger partial charge on any atom is -0.497 e. The maximum Gasteiger partial charge on any atom is 0.254 e. The first-order valence-corrected chi connectivity index (χ1v) is 6.39.